The molecule has 3 N–H and O–H groups in total. The Morgan fingerprint density at radius 2 is 1.50 bits per heavy atom. The maximum atomic E-state index is 11.9. The number of ketones is 1. The Bertz CT molecular complexity index is 573. The summed E-state index contributed by atoms with van der Waals surface area (Å²) in [6.07, 6.45) is 0.0945. The molecule has 0 spiro atoms. The zero-order chi connectivity index (χ0) is 13.1. The van der Waals surface area contributed by atoms with Crippen LogP contribution in [0.3, 0.4) is 0 Å². The molecule has 0 saturated carbocycles. The second-order valence-electron chi connectivity index (χ2n) is 3.97. The Morgan fingerprint density at radius 3 is 2.17 bits per heavy atom. The van der Waals surface area contributed by atoms with Crippen LogP contribution in [0.1, 0.15) is 15.9 Å². The predicted molar refractivity (Wildman–Crippen MR) is 65.9 cm³/mol. The minimum atomic E-state index is -0.297. The molecule has 2 aromatic rings. The number of hydrogen-bond donors (Lipinski definition) is 3. The molecule has 0 amide bonds. The van der Waals surface area contributed by atoms with Crippen molar-refractivity contribution in [1.82, 2.24) is 0 Å². The maximum Gasteiger partial charge on any atom is 0.171 e. The lowest BCUT2D eigenvalue weighted by atomic mass is 10.0. The Morgan fingerprint density at radius 1 is 0.889 bits per heavy atom. The summed E-state index contributed by atoms with van der Waals surface area (Å²) in [6, 6.07) is 10.1. The van der Waals surface area contributed by atoms with Gasteiger partial charge < -0.3 is 15.3 Å². The monoisotopic (exact) mass is 244 g/mol. The van der Waals surface area contributed by atoms with Gasteiger partial charge in [0.1, 0.15) is 17.2 Å². The molecule has 2 rings (SSSR count). The van der Waals surface area contributed by atoms with Crippen LogP contribution in [-0.2, 0) is 6.42 Å². The van der Waals surface area contributed by atoms with Crippen molar-refractivity contribution in [2.45, 2.75) is 6.42 Å². The molecule has 0 aliphatic carbocycles. The molecule has 0 atom stereocenters. The minimum Gasteiger partial charge on any atom is -0.508 e. The first kappa shape index (κ1) is 12.0. The summed E-state index contributed by atoms with van der Waals surface area (Å²) in [5, 5.41) is 28.0. The van der Waals surface area contributed by atoms with Gasteiger partial charge in [-0.25, -0.2) is 0 Å². The van der Waals surface area contributed by atoms with Gasteiger partial charge in [0.05, 0.1) is 5.56 Å². The van der Waals surface area contributed by atoms with E-state index in [2.05, 4.69) is 0 Å². The van der Waals surface area contributed by atoms with Gasteiger partial charge in [0, 0.05) is 6.42 Å². The predicted octanol–water partition coefficient (Wildman–Crippen LogP) is 2.23. The topological polar surface area (TPSA) is 77.8 Å². The first-order chi connectivity index (χ1) is 8.56. The lowest BCUT2D eigenvalue weighted by Gasteiger charge is -2.05. The molecule has 0 radical (unpaired) electrons. The summed E-state index contributed by atoms with van der Waals surface area (Å²) in [5.74, 6) is -0.390. The summed E-state index contributed by atoms with van der Waals surface area (Å²) in [6.45, 7) is 0. The Hall–Kier alpha value is -2.49. The number of benzene rings is 2. The van der Waals surface area contributed by atoms with Gasteiger partial charge in [-0.15, -0.1) is 0 Å². The summed E-state index contributed by atoms with van der Waals surface area (Å²) in [4.78, 5) is 11.9. The first-order valence-electron chi connectivity index (χ1n) is 5.39. The number of carbonyl (C=O) groups is 1. The maximum absolute atomic E-state index is 11.9. The number of Topliss-reactive ketones (excluding diaryl/α,β-unsaturated/α-hetero) is 1. The fraction of sp³-hybridized carbons (Fsp3) is 0.0714. The number of aromatic hydroxyl groups is 3. The zero-order valence-corrected chi connectivity index (χ0v) is 9.50. The summed E-state index contributed by atoms with van der Waals surface area (Å²) >= 11 is 0. The second kappa shape index (κ2) is 4.79. The Kier molecular flexibility index (Phi) is 3.19. The van der Waals surface area contributed by atoms with Gasteiger partial charge in [0.2, 0.25) is 0 Å². The van der Waals surface area contributed by atoms with Crippen LogP contribution >= 0.6 is 0 Å². The highest BCUT2D eigenvalue weighted by Gasteiger charge is 2.12. The van der Waals surface area contributed by atoms with E-state index < -0.39 is 0 Å². The van der Waals surface area contributed by atoms with Gasteiger partial charge in [-0.3, -0.25) is 4.79 Å². The van der Waals surface area contributed by atoms with Gasteiger partial charge in [-0.05, 0) is 35.9 Å². The van der Waals surface area contributed by atoms with E-state index in [1.54, 1.807) is 12.1 Å². The second-order valence-corrected chi connectivity index (χ2v) is 3.97. The number of hydrogen-bond acceptors (Lipinski definition) is 4. The van der Waals surface area contributed by atoms with Gasteiger partial charge in [-0.1, -0.05) is 12.1 Å². The van der Waals surface area contributed by atoms with Crippen LogP contribution in [0.4, 0.5) is 0 Å². The molecule has 0 saturated heterocycles. The molecule has 4 nitrogen and oxygen atoms in total. The van der Waals surface area contributed by atoms with Crippen molar-refractivity contribution in [1.29, 1.82) is 0 Å². The lowest BCUT2D eigenvalue weighted by molar-refractivity contribution is 0.0990. The number of phenols is 3. The van der Waals surface area contributed by atoms with Crippen molar-refractivity contribution in [3.8, 4) is 17.2 Å². The van der Waals surface area contributed by atoms with Gasteiger partial charge in [-0.2, -0.15) is 0 Å². The average Bonchev–Trinajstić information content (AvgIpc) is 2.35. The summed E-state index contributed by atoms with van der Waals surface area (Å²) in [7, 11) is 0. The molecule has 0 aliphatic rings. The van der Waals surface area contributed by atoms with Crippen LogP contribution in [0.5, 0.6) is 17.2 Å². The number of rotatable bonds is 3. The standard InChI is InChI=1S/C14H12O4/c15-10-3-1-9(2-4-10)7-14(18)12-8-11(16)5-6-13(12)17/h1-6,8,15-17H,7H2. The molecule has 0 aliphatic heterocycles. The molecule has 18 heavy (non-hydrogen) atoms. The Balaban J connectivity index is 2.21. The molecule has 0 aromatic heterocycles. The van der Waals surface area contributed by atoms with E-state index in [1.807, 2.05) is 0 Å². The minimum absolute atomic E-state index is 0.0677. The van der Waals surface area contributed by atoms with Crippen molar-refractivity contribution in [3.63, 3.8) is 0 Å². The molecule has 0 unspecified atom stereocenters. The summed E-state index contributed by atoms with van der Waals surface area (Å²) in [5.41, 5.74) is 0.809. The van der Waals surface area contributed by atoms with Crippen LogP contribution in [0.2, 0.25) is 0 Å². The Labute approximate surface area is 104 Å². The normalized spacial score (nSPS) is 10.2. The molecule has 0 heterocycles. The van der Waals surface area contributed by atoms with Crippen molar-refractivity contribution in [2.24, 2.45) is 0 Å². The van der Waals surface area contributed by atoms with E-state index in [9.17, 15) is 15.0 Å². The molecule has 2 aromatic carbocycles. The highest BCUT2D eigenvalue weighted by molar-refractivity contribution is 6.00. The van der Waals surface area contributed by atoms with Crippen molar-refractivity contribution >= 4 is 5.78 Å². The fourth-order valence-electron chi connectivity index (χ4n) is 1.64. The number of phenolic OH excluding ortho intramolecular Hbond substituents is 3. The van der Waals surface area contributed by atoms with E-state index in [4.69, 9.17) is 5.11 Å². The van der Waals surface area contributed by atoms with Gasteiger partial charge in [0.15, 0.2) is 5.78 Å². The highest BCUT2D eigenvalue weighted by Crippen LogP contribution is 2.23. The number of carbonyl (C=O) groups excluding carboxylic acids is 1. The van der Waals surface area contributed by atoms with E-state index in [0.29, 0.717) is 0 Å². The molecular weight excluding hydrogens is 232 g/mol. The van der Waals surface area contributed by atoms with Crippen LogP contribution in [0.15, 0.2) is 42.5 Å². The molecule has 0 fully saturated rings. The van der Waals surface area contributed by atoms with Crippen LogP contribution in [0, 0.1) is 0 Å². The van der Waals surface area contributed by atoms with E-state index in [0.717, 1.165) is 5.56 Å². The first-order valence-corrected chi connectivity index (χ1v) is 5.39. The smallest absolute Gasteiger partial charge is 0.171 e. The van der Waals surface area contributed by atoms with Crippen LogP contribution < -0.4 is 0 Å². The van der Waals surface area contributed by atoms with E-state index >= 15 is 0 Å². The third-order valence-electron chi connectivity index (χ3n) is 2.58. The SMILES string of the molecule is O=C(Cc1ccc(O)cc1)c1cc(O)ccc1O. The van der Waals surface area contributed by atoms with Crippen molar-refractivity contribution in [2.75, 3.05) is 0 Å². The summed E-state index contributed by atoms with van der Waals surface area (Å²) < 4.78 is 0. The van der Waals surface area contributed by atoms with Crippen molar-refractivity contribution < 1.29 is 20.1 Å². The van der Waals surface area contributed by atoms with Crippen LogP contribution in [0.25, 0.3) is 0 Å². The lowest BCUT2D eigenvalue weighted by Crippen LogP contribution is -2.03. The highest BCUT2D eigenvalue weighted by atomic mass is 16.3. The molecule has 4 heteroatoms. The molecular formula is C14H12O4. The zero-order valence-electron chi connectivity index (χ0n) is 9.50. The van der Waals surface area contributed by atoms with Gasteiger partial charge in [0.25, 0.3) is 0 Å². The fourth-order valence-corrected chi connectivity index (χ4v) is 1.64. The molecule has 0 bridgehead atoms. The third-order valence-corrected chi connectivity index (χ3v) is 2.58. The third kappa shape index (κ3) is 2.60. The largest absolute Gasteiger partial charge is 0.508 e. The van der Waals surface area contributed by atoms with Crippen LogP contribution in [-0.4, -0.2) is 21.1 Å². The van der Waals surface area contributed by atoms with Gasteiger partial charge >= 0.3 is 0 Å². The quantitative estimate of drug-likeness (QED) is 0.571. The van der Waals surface area contributed by atoms with E-state index in [-0.39, 0.29) is 35.0 Å². The van der Waals surface area contributed by atoms with Crippen molar-refractivity contribution in [3.05, 3.63) is 53.6 Å². The average molecular weight is 244 g/mol. The molecule has 92 valence electrons. The van der Waals surface area contributed by atoms with E-state index in [1.165, 1.54) is 30.3 Å².